The van der Waals surface area contributed by atoms with Crippen molar-refractivity contribution in [3.8, 4) is 57.4 Å². The van der Waals surface area contributed by atoms with E-state index in [1.165, 1.54) is 22.3 Å². The summed E-state index contributed by atoms with van der Waals surface area (Å²) in [4.78, 5) is 31.9. The molecule has 0 unspecified atom stereocenters. The molecule has 8 heteroatoms. The third-order valence-corrected chi connectivity index (χ3v) is 14.6. The summed E-state index contributed by atoms with van der Waals surface area (Å²) in [6.45, 7) is 31.1. The van der Waals surface area contributed by atoms with Crippen LogP contribution in [0.15, 0.2) is 146 Å². The van der Waals surface area contributed by atoms with E-state index in [1.807, 2.05) is 0 Å². The lowest BCUT2D eigenvalue weighted by Crippen LogP contribution is -2.11. The van der Waals surface area contributed by atoms with Gasteiger partial charge in [0.2, 0.25) is 11.9 Å². The van der Waals surface area contributed by atoms with Crippen molar-refractivity contribution < 1.29 is 0 Å². The quantitative estimate of drug-likeness (QED) is 0.165. The van der Waals surface area contributed by atoms with Gasteiger partial charge in [0.15, 0.2) is 23.3 Å². The van der Waals surface area contributed by atoms with Gasteiger partial charge in [-0.05, 0) is 94.2 Å². The lowest BCUT2D eigenvalue weighted by molar-refractivity contribution is 0.590. The Morgan fingerprint density at radius 3 is 0.757 bits per heavy atom. The van der Waals surface area contributed by atoms with Gasteiger partial charge in [-0.3, -0.25) is 9.13 Å². The average Bonchev–Trinajstić information content (AvgIpc) is 3.85. The molecule has 0 saturated heterocycles. The fourth-order valence-corrected chi connectivity index (χ4v) is 10.1. The maximum absolute atomic E-state index is 5.38. The number of aryl methyl sites for hydroxylation is 2. The summed E-state index contributed by atoms with van der Waals surface area (Å²) in [6.07, 6.45) is 0. The number of aromatic nitrogens is 8. The van der Waals surface area contributed by atoms with Gasteiger partial charge < -0.3 is 0 Å². The summed E-state index contributed by atoms with van der Waals surface area (Å²) >= 11 is 0. The van der Waals surface area contributed by atoms with Gasteiger partial charge in [0.1, 0.15) is 0 Å². The van der Waals surface area contributed by atoms with Gasteiger partial charge >= 0.3 is 0 Å². The summed E-state index contributed by atoms with van der Waals surface area (Å²) < 4.78 is 4.46. The number of benzene rings is 7. The second kappa shape index (κ2) is 17.4. The van der Waals surface area contributed by atoms with Crippen LogP contribution in [0.3, 0.4) is 0 Å². The van der Waals surface area contributed by atoms with Crippen LogP contribution in [0.25, 0.3) is 101 Å². The van der Waals surface area contributed by atoms with Crippen LogP contribution in [0.5, 0.6) is 0 Å². The molecule has 0 spiro atoms. The van der Waals surface area contributed by atoms with Crippen molar-refractivity contribution in [2.75, 3.05) is 0 Å². The lowest BCUT2D eigenvalue weighted by Gasteiger charge is -2.19. The smallest absolute Gasteiger partial charge is 0.238 e. The van der Waals surface area contributed by atoms with E-state index in [0.717, 1.165) is 77.0 Å². The zero-order valence-corrected chi connectivity index (χ0v) is 45.4. The summed E-state index contributed by atoms with van der Waals surface area (Å²) in [5.41, 5.74) is 15.0. The average molecular weight is 971 g/mol. The van der Waals surface area contributed by atoms with Gasteiger partial charge in [-0.1, -0.05) is 203 Å². The molecular weight excluding hydrogens is 905 g/mol. The van der Waals surface area contributed by atoms with Crippen LogP contribution >= 0.6 is 0 Å². The highest BCUT2D eigenvalue weighted by Crippen LogP contribution is 2.41. The standard InChI is InChI=1S/C66H66N8/c1-39-15-33-53-49(35-39)51-37-56-52(38-55(51)73(53)61-69-57(41-17-25-45(26-18-41)63(3,4)5)67-58(70-61)42-19-27-46(28-20-42)64(6,7)8)50-36-40(2)16-34-54(50)74(56)62-71-59(43-21-29-47(30-22-43)65(9,10)11)68-60(72-62)44-23-31-48(32-24-44)66(12,13)14/h15-38H,1-14H3. The second-order valence-corrected chi connectivity index (χ2v) is 24.5. The molecule has 0 saturated carbocycles. The Bertz CT molecular complexity index is 3550. The number of nitrogens with zero attached hydrogens (tertiary/aromatic N) is 8. The molecule has 0 aliphatic rings. The van der Waals surface area contributed by atoms with Crippen molar-refractivity contribution in [3.63, 3.8) is 0 Å². The topological polar surface area (TPSA) is 87.2 Å². The zero-order valence-electron chi connectivity index (χ0n) is 45.4. The predicted molar refractivity (Wildman–Crippen MR) is 308 cm³/mol. The largest absolute Gasteiger partial charge is 0.278 e. The molecule has 7 aromatic carbocycles. The van der Waals surface area contributed by atoms with Crippen molar-refractivity contribution in [2.24, 2.45) is 0 Å². The van der Waals surface area contributed by atoms with Crippen LogP contribution in [-0.4, -0.2) is 39.0 Å². The highest BCUT2D eigenvalue weighted by atomic mass is 15.2. The molecule has 8 nitrogen and oxygen atoms in total. The minimum atomic E-state index is 0.00168. The molecule has 4 heterocycles. The van der Waals surface area contributed by atoms with Gasteiger partial charge in [-0.2, -0.15) is 19.9 Å². The van der Waals surface area contributed by atoms with E-state index in [0.29, 0.717) is 35.2 Å². The number of hydrogen-bond donors (Lipinski definition) is 0. The molecule has 0 aliphatic heterocycles. The van der Waals surface area contributed by atoms with E-state index in [-0.39, 0.29) is 21.7 Å². The molecule has 0 amide bonds. The summed E-state index contributed by atoms with van der Waals surface area (Å²) in [7, 11) is 0. The first-order valence-corrected chi connectivity index (χ1v) is 25.9. The Labute approximate surface area is 435 Å². The van der Waals surface area contributed by atoms with Gasteiger partial charge in [-0.25, -0.2) is 9.97 Å². The summed E-state index contributed by atoms with van der Waals surface area (Å²) in [5, 5.41) is 4.32. The maximum Gasteiger partial charge on any atom is 0.238 e. The third kappa shape index (κ3) is 8.84. The van der Waals surface area contributed by atoms with Gasteiger partial charge in [0, 0.05) is 43.8 Å². The molecule has 11 rings (SSSR count). The number of hydrogen-bond acceptors (Lipinski definition) is 6. The Morgan fingerprint density at radius 2 is 0.514 bits per heavy atom. The predicted octanol–water partition coefficient (Wildman–Crippen LogP) is 16.7. The van der Waals surface area contributed by atoms with Crippen molar-refractivity contribution in [2.45, 2.75) is 119 Å². The first-order chi connectivity index (χ1) is 35.0. The van der Waals surface area contributed by atoms with Crippen molar-refractivity contribution >= 4 is 43.6 Å². The molecule has 0 atom stereocenters. The maximum atomic E-state index is 5.38. The molecule has 0 aliphatic carbocycles. The fraction of sp³-hybridized carbons (Fsp3) is 0.273. The van der Waals surface area contributed by atoms with E-state index in [2.05, 4.69) is 252 Å². The molecule has 0 N–H and O–H groups in total. The molecule has 370 valence electrons. The van der Waals surface area contributed by atoms with E-state index < -0.39 is 0 Å². The van der Waals surface area contributed by atoms with Gasteiger partial charge in [-0.15, -0.1) is 0 Å². The Morgan fingerprint density at radius 1 is 0.270 bits per heavy atom. The van der Waals surface area contributed by atoms with E-state index >= 15 is 0 Å². The fourth-order valence-electron chi connectivity index (χ4n) is 10.1. The minimum Gasteiger partial charge on any atom is -0.278 e. The Hall–Kier alpha value is -7.84. The second-order valence-electron chi connectivity index (χ2n) is 24.5. The minimum absolute atomic E-state index is 0.00168. The van der Waals surface area contributed by atoms with E-state index in [4.69, 9.17) is 29.9 Å². The highest BCUT2D eigenvalue weighted by Gasteiger charge is 2.25. The Kier molecular flexibility index (Phi) is 11.4. The summed E-state index contributed by atoms with van der Waals surface area (Å²) in [5.74, 6) is 3.56. The molecule has 11 aromatic rings. The van der Waals surface area contributed by atoms with Crippen LogP contribution in [0.4, 0.5) is 0 Å². The van der Waals surface area contributed by atoms with Crippen LogP contribution < -0.4 is 0 Å². The lowest BCUT2D eigenvalue weighted by atomic mass is 9.86. The SMILES string of the molecule is Cc1ccc2c(c1)c1cc3c(cc1n2-c1nc(-c2ccc(C(C)(C)C)cc2)nc(-c2ccc(C(C)(C)C)cc2)n1)c1cc(C)ccc1n3-c1nc(-c2ccc(C(C)(C)C)cc2)nc(-c2ccc(C(C)(C)C)cc2)n1. The summed E-state index contributed by atoms with van der Waals surface area (Å²) in [6, 6.07) is 52.6. The molecule has 0 bridgehead atoms. The van der Waals surface area contributed by atoms with Crippen molar-refractivity contribution in [1.82, 2.24) is 39.0 Å². The number of fused-ring (bicyclic) bond motifs is 6. The third-order valence-electron chi connectivity index (χ3n) is 14.6. The van der Waals surface area contributed by atoms with Crippen LogP contribution in [-0.2, 0) is 21.7 Å². The Balaban J connectivity index is 1.18. The van der Waals surface area contributed by atoms with Crippen molar-refractivity contribution in [1.29, 1.82) is 0 Å². The first kappa shape index (κ1) is 48.4. The first-order valence-electron chi connectivity index (χ1n) is 25.9. The normalized spacial score (nSPS) is 12.7. The van der Waals surface area contributed by atoms with Gasteiger partial charge in [0.25, 0.3) is 0 Å². The molecule has 0 radical (unpaired) electrons. The van der Waals surface area contributed by atoms with Gasteiger partial charge in [0.05, 0.1) is 22.1 Å². The van der Waals surface area contributed by atoms with Crippen molar-refractivity contribution in [3.05, 3.63) is 179 Å². The molecular formula is C66H66N8. The van der Waals surface area contributed by atoms with Crippen LogP contribution in [0, 0.1) is 13.8 Å². The number of rotatable bonds is 6. The monoisotopic (exact) mass is 971 g/mol. The van der Waals surface area contributed by atoms with Crippen LogP contribution in [0.1, 0.15) is 116 Å². The molecule has 0 fully saturated rings. The molecule has 74 heavy (non-hydrogen) atoms. The van der Waals surface area contributed by atoms with E-state index in [1.54, 1.807) is 0 Å². The van der Waals surface area contributed by atoms with E-state index in [9.17, 15) is 0 Å². The van der Waals surface area contributed by atoms with Crippen LogP contribution in [0.2, 0.25) is 0 Å². The highest BCUT2D eigenvalue weighted by molar-refractivity contribution is 6.19. The molecule has 4 aromatic heterocycles. The zero-order chi connectivity index (χ0) is 52.2.